The van der Waals surface area contributed by atoms with Crippen LogP contribution < -0.4 is 11.1 Å². The summed E-state index contributed by atoms with van der Waals surface area (Å²) in [7, 11) is 0. The third-order valence-corrected chi connectivity index (χ3v) is 4.53. The second-order valence-electron chi connectivity index (χ2n) is 5.64. The molecule has 2 aromatic rings. The number of carbonyl (C=O) groups excluding carboxylic acids is 3. The molecular weight excluding hydrogens is 401 g/mol. The van der Waals surface area contributed by atoms with Crippen LogP contribution in [0.25, 0.3) is 0 Å². The van der Waals surface area contributed by atoms with Gasteiger partial charge in [-0.3, -0.25) is 14.4 Å². The van der Waals surface area contributed by atoms with Crippen LogP contribution in [0.2, 0.25) is 0 Å². The molecule has 0 radical (unpaired) electrons. The molecule has 1 aromatic heterocycles. The van der Waals surface area contributed by atoms with Gasteiger partial charge in [-0.2, -0.15) is 13.2 Å². The number of anilines is 1. The molecule has 1 aliphatic rings. The number of alkyl halides is 3. The van der Waals surface area contributed by atoms with Crippen molar-refractivity contribution in [2.75, 3.05) is 5.32 Å². The minimum Gasteiger partial charge on any atom is -0.475 e. The van der Waals surface area contributed by atoms with Gasteiger partial charge in [0.2, 0.25) is 11.7 Å². The number of carboxylic acid groups (broad SMARTS) is 1. The van der Waals surface area contributed by atoms with Crippen molar-refractivity contribution in [2.24, 2.45) is 5.73 Å². The Labute approximate surface area is 160 Å². The van der Waals surface area contributed by atoms with Crippen LogP contribution in [-0.4, -0.2) is 40.8 Å². The lowest BCUT2D eigenvalue weighted by Crippen LogP contribution is -2.33. The number of hydrogen-bond donors (Lipinski definition) is 3. The summed E-state index contributed by atoms with van der Waals surface area (Å²) in [5, 5.41) is 11.3. The number of carbonyl (C=O) groups is 4. The molecule has 7 nitrogen and oxygen atoms in total. The molecule has 11 heteroatoms. The Bertz CT molecular complexity index is 966. The Hall–Kier alpha value is -3.05. The predicted octanol–water partition coefficient (Wildman–Crippen LogP) is 2.44. The molecular formula is C17H13F3N2O5S. The van der Waals surface area contributed by atoms with Crippen molar-refractivity contribution >= 4 is 40.5 Å². The first-order chi connectivity index (χ1) is 12.9. The molecule has 0 saturated carbocycles. The highest BCUT2D eigenvalue weighted by Crippen LogP contribution is 2.36. The van der Waals surface area contributed by atoms with Gasteiger partial charge in [0.15, 0.2) is 5.78 Å². The topological polar surface area (TPSA) is 127 Å². The fourth-order valence-electron chi connectivity index (χ4n) is 2.23. The van der Waals surface area contributed by atoms with E-state index in [1.54, 1.807) is 36.6 Å². The third-order valence-electron chi connectivity index (χ3n) is 3.55. The second kappa shape index (κ2) is 7.90. The summed E-state index contributed by atoms with van der Waals surface area (Å²) in [6, 6.07) is 6.00. The molecule has 148 valence electrons. The van der Waals surface area contributed by atoms with E-state index in [0.29, 0.717) is 21.7 Å². The van der Waals surface area contributed by atoms with E-state index in [1.165, 1.54) is 0 Å². The summed E-state index contributed by atoms with van der Waals surface area (Å²) < 4.78 is 31.7. The number of thiophene rings is 1. The number of ketones is 2. The third kappa shape index (κ3) is 4.26. The van der Waals surface area contributed by atoms with Gasteiger partial charge >= 0.3 is 12.1 Å². The van der Waals surface area contributed by atoms with Crippen LogP contribution in [-0.2, 0) is 9.59 Å². The van der Waals surface area contributed by atoms with Gasteiger partial charge < -0.3 is 16.2 Å². The Kier molecular flexibility index (Phi) is 6.00. The number of nitrogens with two attached hydrogens (primary N) is 1. The summed E-state index contributed by atoms with van der Waals surface area (Å²) >= 11 is 1.16. The standard InChI is InChI=1S/C15H12N2O3S.C2HF3O2/c1-7(16)15(20)17-10-6-21-14-11(10)12(18)8-4-2-3-5-9(8)13(14)19;3-2(4,5)1(6)7/h2-7H,16H2,1H3,(H,17,20);(H,6,7)/t7-;/m0./s1. The largest absolute Gasteiger partial charge is 0.490 e. The zero-order valence-corrected chi connectivity index (χ0v) is 15.0. The maximum absolute atomic E-state index is 12.6. The normalized spacial score (nSPS) is 13.6. The Morgan fingerprint density at radius 3 is 2.11 bits per heavy atom. The van der Waals surface area contributed by atoms with Crippen molar-refractivity contribution in [3.05, 3.63) is 51.2 Å². The van der Waals surface area contributed by atoms with E-state index in [1.807, 2.05) is 0 Å². The Balaban J connectivity index is 0.000000345. The lowest BCUT2D eigenvalue weighted by molar-refractivity contribution is -0.192. The number of nitrogens with one attached hydrogen (secondary N) is 1. The van der Waals surface area contributed by atoms with Gasteiger partial charge in [-0.15, -0.1) is 11.3 Å². The minimum atomic E-state index is -5.08. The molecule has 1 atom stereocenters. The lowest BCUT2D eigenvalue weighted by Gasteiger charge is -2.15. The second-order valence-corrected chi connectivity index (χ2v) is 6.52. The average molecular weight is 414 g/mol. The van der Waals surface area contributed by atoms with Crippen LogP contribution in [0.15, 0.2) is 29.6 Å². The van der Waals surface area contributed by atoms with E-state index in [-0.39, 0.29) is 17.1 Å². The van der Waals surface area contributed by atoms with Crippen molar-refractivity contribution in [3.8, 4) is 0 Å². The van der Waals surface area contributed by atoms with Gasteiger partial charge in [0, 0.05) is 16.5 Å². The van der Waals surface area contributed by atoms with Gasteiger partial charge in [0.25, 0.3) is 0 Å². The fourth-order valence-corrected chi connectivity index (χ4v) is 3.18. The quantitative estimate of drug-likeness (QED) is 0.591. The molecule has 0 bridgehead atoms. The molecule has 1 heterocycles. The van der Waals surface area contributed by atoms with Crippen molar-refractivity contribution in [1.29, 1.82) is 0 Å². The molecule has 0 spiro atoms. The number of fused-ring (bicyclic) bond motifs is 2. The van der Waals surface area contributed by atoms with E-state index in [2.05, 4.69) is 5.32 Å². The predicted molar refractivity (Wildman–Crippen MR) is 93.6 cm³/mol. The van der Waals surface area contributed by atoms with E-state index in [0.717, 1.165) is 11.3 Å². The lowest BCUT2D eigenvalue weighted by atomic mass is 9.88. The van der Waals surface area contributed by atoms with Crippen molar-refractivity contribution < 1.29 is 37.5 Å². The first-order valence-electron chi connectivity index (χ1n) is 7.61. The van der Waals surface area contributed by atoms with Crippen LogP contribution in [0.5, 0.6) is 0 Å². The number of amides is 1. The fraction of sp³-hybridized carbons (Fsp3) is 0.176. The van der Waals surface area contributed by atoms with Crippen LogP contribution in [0.1, 0.15) is 38.1 Å². The van der Waals surface area contributed by atoms with E-state index in [4.69, 9.17) is 15.6 Å². The first kappa shape index (κ1) is 21.3. The van der Waals surface area contributed by atoms with Crippen molar-refractivity contribution in [1.82, 2.24) is 0 Å². The SMILES string of the molecule is C[C@H](N)C(=O)Nc1csc2c1C(=O)c1ccccc1C2=O.O=C(O)C(F)(F)F. The van der Waals surface area contributed by atoms with Crippen molar-refractivity contribution in [3.63, 3.8) is 0 Å². The maximum Gasteiger partial charge on any atom is 0.490 e. The first-order valence-corrected chi connectivity index (χ1v) is 8.49. The molecule has 0 saturated heterocycles. The van der Waals surface area contributed by atoms with Gasteiger partial charge in [0.05, 0.1) is 22.2 Å². The van der Waals surface area contributed by atoms with Crippen LogP contribution in [0.4, 0.5) is 18.9 Å². The summed E-state index contributed by atoms with van der Waals surface area (Å²) in [4.78, 5) is 45.9. The number of aliphatic carboxylic acids is 1. The molecule has 4 N–H and O–H groups in total. The van der Waals surface area contributed by atoms with E-state index >= 15 is 0 Å². The summed E-state index contributed by atoms with van der Waals surface area (Å²) in [6.45, 7) is 1.55. The molecule has 1 aliphatic carbocycles. The Morgan fingerprint density at radius 2 is 1.64 bits per heavy atom. The van der Waals surface area contributed by atoms with Crippen molar-refractivity contribution in [2.45, 2.75) is 19.1 Å². The Morgan fingerprint density at radius 1 is 1.14 bits per heavy atom. The molecule has 0 aliphatic heterocycles. The summed E-state index contributed by atoms with van der Waals surface area (Å²) in [6.07, 6.45) is -5.08. The van der Waals surface area contributed by atoms with Gasteiger partial charge in [-0.25, -0.2) is 4.79 Å². The minimum absolute atomic E-state index is 0.188. The highest BCUT2D eigenvalue weighted by Gasteiger charge is 2.38. The molecule has 0 unspecified atom stereocenters. The number of carboxylic acids is 1. The van der Waals surface area contributed by atoms with Crippen LogP contribution in [0.3, 0.4) is 0 Å². The zero-order chi connectivity index (χ0) is 21.2. The van der Waals surface area contributed by atoms with Crippen LogP contribution in [0, 0.1) is 0 Å². The number of benzene rings is 1. The van der Waals surface area contributed by atoms with Gasteiger partial charge in [-0.05, 0) is 6.92 Å². The molecule has 3 rings (SSSR count). The smallest absolute Gasteiger partial charge is 0.475 e. The zero-order valence-electron chi connectivity index (χ0n) is 14.2. The van der Waals surface area contributed by atoms with Gasteiger partial charge in [0.1, 0.15) is 0 Å². The summed E-state index contributed by atoms with van der Waals surface area (Å²) in [5.41, 5.74) is 6.89. The molecule has 28 heavy (non-hydrogen) atoms. The van der Waals surface area contributed by atoms with E-state index in [9.17, 15) is 27.6 Å². The molecule has 1 aromatic carbocycles. The maximum atomic E-state index is 12.6. The molecule has 0 fully saturated rings. The molecule has 1 amide bonds. The number of rotatable bonds is 2. The summed E-state index contributed by atoms with van der Waals surface area (Å²) in [5.74, 6) is -3.59. The van der Waals surface area contributed by atoms with E-state index < -0.39 is 24.1 Å². The van der Waals surface area contributed by atoms with Crippen LogP contribution >= 0.6 is 11.3 Å². The highest BCUT2D eigenvalue weighted by atomic mass is 32.1. The number of halogens is 3. The number of hydrogen-bond acceptors (Lipinski definition) is 6. The highest BCUT2D eigenvalue weighted by molar-refractivity contribution is 7.13. The average Bonchev–Trinajstić information content (AvgIpc) is 3.03. The monoisotopic (exact) mass is 414 g/mol. The van der Waals surface area contributed by atoms with Gasteiger partial charge in [-0.1, -0.05) is 24.3 Å².